The van der Waals surface area contributed by atoms with Crippen LogP contribution in [0.15, 0.2) is 42.6 Å². The highest BCUT2D eigenvalue weighted by molar-refractivity contribution is 6.30. The molecule has 0 saturated heterocycles. The number of halogens is 2. The Labute approximate surface area is 136 Å². The number of carbonyl (C=O) groups is 1. The zero-order valence-electron chi connectivity index (χ0n) is 12.2. The molecular weight excluding hydrogens is 319 g/mol. The van der Waals surface area contributed by atoms with Gasteiger partial charge in [0.2, 0.25) is 0 Å². The van der Waals surface area contributed by atoms with E-state index in [1.807, 2.05) is 6.07 Å². The largest absolute Gasteiger partial charge is 0.292 e. The van der Waals surface area contributed by atoms with Gasteiger partial charge in [0.1, 0.15) is 5.82 Å². The molecule has 5 nitrogen and oxygen atoms in total. The summed E-state index contributed by atoms with van der Waals surface area (Å²) < 4.78 is 14.3. The van der Waals surface area contributed by atoms with Crippen molar-refractivity contribution < 1.29 is 9.18 Å². The first-order valence-corrected chi connectivity index (χ1v) is 7.24. The number of aromatic nitrogens is 4. The highest BCUT2D eigenvalue weighted by atomic mass is 35.5. The van der Waals surface area contributed by atoms with Crippen molar-refractivity contribution in [1.29, 1.82) is 0 Å². The number of hydrogen-bond donors (Lipinski definition) is 0. The standard InChI is InChI=1S/C16H12ClFN4O/c1-10-16(14(23)8-11-3-2-4-12(17)7-11)20-21-22(10)15-6-5-13(18)9-19-15/h2-7,9H,8H2,1H3. The van der Waals surface area contributed by atoms with Crippen LogP contribution in [0.4, 0.5) is 4.39 Å². The van der Waals surface area contributed by atoms with Crippen LogP contribution in [0.3, 0.4) is 0 Å². The van der Waals surface area contributed by atoms with Crippen LogP contribution in [-0.2, 0) is 6.42 Å². The van der Waals surface area contributed by atoms with Gasteiger partial charge in [-0.3, -0.25) is 4.79 Å². The van der Waals surface area contributed by atoms with Crippen molar-refractivity contribution >= 4 is 17.4 Å². The molecule has 1 aromatic carbocycles. The Morgan fingerprint density at radius 2 is 2.13 bits per heavy atom. The highest BCUT2D eigenvalue weighted by Crippen LogP contribution is 2.15. The molecule has 0 fully saturated rings. The molecule has 7 heteroatoms. The first-order chi connectivity index (χ1) is 11.0. The van der Waals surface area contributed by atoms with Crippen LogP contribution in [0, 0.1) is 12.7 Å². The molecule has 0 aliphatic heterocycles. The molecule has 0 spiro atoms. The number of pyridine rings is 1. The van der Waals surface area contributed by atoms with E-state index in [1.54, 1.807) is 25.1 Å². The molecule has 0 aliphatic rings. The lowest BCUT2D eigenvalue weighted by molar-refractivity contribution is 0.0987. The molecule has 0 atom stereocenters. The summed E-state index contributed by atoms with van der Waals surface area (Å²) in [6, 6.07) is 9.85. The molecule has 0 amide bonds. The van der Waals surface area contributed by atoms with Gasteiger partial charge in [-0.05, 0) is 36.8 Å². The van der Waals surface area contributed by atoms with E-state index < -0.39 is 5.82 Å². The third-order valence-corrected chi connectivity index (χ3v) is 3.58. The Balaban J connectivity index is 1.86. The molecule has 3 rings (SSSR count). The maximum Gasteiger partial charge on any atom is 0.189 e. The SMILES string of the molecule is Cc1c(C(=O)Cc2cccc(Cl)c2)nnn1-c1ccc(F)cn1. The Morgan fingerprint density at radius 1 is 1.30 bits per heavy atom. The van der Waals surface area contributed by atoms with E-state index in [0.717, 1.165) is 11.8 Å². The smallest absolute Gasteiger partial charge is 0.189 e. The van der Waals surface area contributed by atoms with Crippen LogP contribution in [0.5, 0.6) is 0 Å². The van der Waals surface area contributed by atoms with Gasteiger partial charge in [0.15, 0.2) is 17.3 Å². The maximum atomic E-state index is 12.9. The van der Waals surface area contributed by atoms with Crippen molar-refractivity contribution in [3.63, 3.8) is 0 Å². The topological polar surface area (TPSA) is 60.7 Å². The molecule has 23 heavy (non-hydrogen) atoms. The van der Waals surface area contributed by atoms with Crippen LogP contribution in [-0.4, -0.2) is 25.8 Å². The monoisotopic (exact) mass is 330 g/mol. The summed E-state index contributed by atoms with van der Waals surface area (Å²) in [4.78, 5) is 16.3. The van der Waals surface area contributed by atoms with E-state index >= 15 is 0 Å². The number of benzene rings is 1. The second-order valence-corrected chi connectivity index (χ2v) is 5.44. The van der Waals surface area contributed by atoms with Gasteiger partial charge >= 0.3 is 0 Å². The fourth-order valence-electron chi connectivity index (χ4n) is 2.21. The quantitative estimate of drug-likeness (QED) is 0.689. The molecular formula is C16H12ClFN4O. The molecule has 0 unspecified atom stereocenters. The van der Waals surface area contributed by atoms with Gasteiger partial charge in [0.05, 0.1) is 11.9 Å². The van der Waals surface area contributed by atoms with E-state index in [2.05, 4.69) is 15.3 Å². The van der Waals surface area contributed by atoms with Crippen molar-refractivity contribution in [2.45, 2.75) is 13.3 Å². The predicted molar refractivity (Wildman–Crippen MR) is 83.3 cm³/mol. The normalized spacial score (nSPS) is 10.7. The molecule has 2 aromatic heterocycles. The number of ketones is 1. The minimum absolute atomic E-state index is 0.168. The van der Waals surface area contributed by atoms with Crippen LogP contribution in [0.1, 0.15) is 21.7 Å². The maximum absolute atomic E-state index is 12.9. The second kappa shape index (κ2) is 6.26. The van der Waals surface area contributed by atoms with Crippen LogP contribution < -0.4 is 0 Å². The van der Waals surface area contributed by atoms with Crippen LogP contribution >= 0.6 is 11.6 Å². The third kappa shape index (κ3) is 3.27. The van der Waals surface area contributed by atoms with Crippen molar-refractivity contribution in [2.24, 2.45) is 0 Å². The Morgan fingerprint density at radius 3 is 2.83 bits per heavy atom. The summed E-state index contributed by atoms with van der Waals surface area (Å²) in [6.07, 6.45) is 1.26. The average molecular weight is 331 g/mol. The summed E-state index contributed by atoms with van der Waals surface area (Å²) in [5.41, 5.74) is 1.61. The van der Waals surface area contributed by atoms with E-state index in [1.165, 1.54) is 16.8 Å². The number of nitrogens with zero attached hydrogens (tertiary/aromatic N) is 4. The average Bonchev–Trinajstić information content (AvgIpc) is 2.90. The summed E-state index contributed by atoms with van der Waals surface area (Å²) in [5.74, 6) is -0.208. The first kappa shape index (κ1) is 15.3. The zero-order chi connectivity index (χ0) is 16.4. The van der Waals surface area contributed by atoms with E-state index in [4.69, 9.17) is 11.6 Å². The van der Waals surface area contributed by atoms with Gasteiger partial charge in [0, 0.05) is 11.4 Å². The molecule has 0 saturated carbocycles. The second-order valence-electron chi connectivity index (χ2n) is 5.00. The highest BCUT2D eigenvalue weighted by Gasteiger charge is 2.18. The fourth-order valence-corrected chi connectivity index (χ4v) is 2.43. The van der Waals surface area contributed by atoms with E-state index in [0.29, 0.717) is 16.5 Å². The molecule has 3 aromatic rings. The number of carbonyl (C=O) groups excluding carboxylic acids is 1. The minimum Gasteiger partial charge on any atom is -0.292 e. The van der Waals surface area contributed by atoms with Crippen LogP contribution in [0.2, 0.25) is 5.02 Å². The van der Waals surface area contributed by atoms with Crippen molar-refractivity contribution in [3.8, 4) is 5.82 Å². The number of rotatable bonds is 4. The van der Waals surface area contributed by atoms with Gasteiger partial charge in [0.25, 0.3) is 0 Å². The van der Waals surface area contributed by atoms with Gasteiger partial charge in [-0.1, -0.05) is 28.9 Å². The van der Waals surface area contributed by atoms with Gasteiger partial charge in [-0.25, -0.2) is 9.37 Å². The fraction of sp³-hybridized carbons (Fsp3) is 0.125. The summed E-state index contributed by atoms with van der Waals surface area (Å²) in [6.45, 7) is 1.72. The molecule has 0 bridgehead atoms. The molecule has 116 valence electrons. The Hall–Kier alpha value is -2.60. The summed E-state index contributed by atoms with van der Waals surface area (Å²) >= 11 is 5.92. The first-order valence-electron chi connectivity index (χ1n) is 6.86. The molecule has 0 N–H and O–H groups in total. The Kier molecular flexibility index (Phi) is 4.16. The Bertz CT molecular complexity index is 861. The predicted octanol–water partition coefficient (Wildman–Crippen LogP) is 3.19. The summed E-state index contributed by atoms with van der Waals surface area (Å²) in [5, 5.41) is 8.44. The lowest BCUT2D eigenvalue weighted by Gasteiger charge is -2.03. The number of Topliss-reactive ketones (excluding diaryl/α,β-unsaturated/α-hetero) is 1. The summed E-state index contributed by atoms with van der Waals surface area (Å²) in [7, 11) is 0. The third-order valence-electron chi connectivity index (χ3n) is 3.34. The van der Waals surface area contributed by atoms with Crippen molar-refractivity contribution in [2.75, 3.05) is 0 Å². The molecule has 0 aliphatic carbocycles. The van der Waals surface area contributed by atoms with Gasteiger partial charge in [-0.15, -0.1) is 5.10 Å². The van der Waals surface area contributed by atoms with Crippen molar-refractivity contribution in [3.05, 3.63) is 70.4 Å². The minimum atomic E-state index is -0.441. The van der Waals surface area contributed by atoms with Crippen molar-refractivity contribution in [1.82, 2.24) is 20.0 Å². The van der Waals surface area contributed by atoms with Crippen LogP contribution in [0.25, 0.3) is 5.82 Å². The molecule has 2 heterocycles. The molecule has 0 radical (unpaired) electrons. The lowest BCUT2D eigenvalue weighted by atomic mass is 10.1. The van der Waals surface area contributed by atoms with E-state index in [9.17, 15) is 9.18 Å². The number of hydrogen-bond acceptors (Lipinski definition) is 4. The van der Waals surface area contributed by atoms with E-state index in [-0.39, 0.29) is 17.9 Å². The lowest BCUT2D eigenvalue weighted by Crippen LogP contribution is -2.07. The van der Waals surface area contributed by atoms with Gasteiger partial charge in [-0.2, -0.15) is 4.68 Å². The zero-order valence-corrected chi connectivity index (χ0v) is 13.0. The van der Waals surface area contributed by atoms with Gasteiger partial charge < -0.3 is 0 Å².